The lowest BCUT2D eigenvalue weighted by Crippen LogP contribution is -2.24. The Labute approximate surface area is 167 Å². The van der Waals surface area contributed by atoms with Crippen molar-refractivity contribution in [2.75, 3.05) is 12.8 Å². The highest BCUT2D eigenvalue weighted by molar-refractivity contribution is 5.93. The summed E-state index contributed by atoms with van der Waals surface area (Å²) in [5, 5.41) is 0. The van der Waals surface area contributed by atoms with Crippen LogP contribution in [0, 0.1) is 0 Å². The van der Waals surface area contributed by atoms with Crippen molar-refractivity contribution in [1.82, 2.24) is 9.55 Å². The molecule has 1 heterocycles. The molecule has 0 saturated heterocycles. The Bertz CT molecular complexity index is 1260. The van der Waals surface area contributed by atoms with Crippen LogP contribution in [-0.4, -0.2) is 22.6 Å². The largest absolute Gasteiger partial charge is 0.465 e. The number of esters is 1. The van der Waals surface area contributed by atoms with E-state index in [1.54, 1.807) is 22.8 Å². The molecule has 2 N–H and O–H groups in total. The molecule has 0 fully saturated rings. The third kappa shape index (κ3) is 3.48. The first-order valence-electron chi connectivity index (χ1n) is 9.10. The Balaban J connectivity index is 1.96. The Kier molecular flexibility index (Phi) is 4.83. The number of methoxy groups -OCH3 is 1. The highest BCUT2D eigenvalue weighted by Gasteiger charge is 2.17. The number of rotatable bonds is 4. The summed E-state index contributed by atoms with van der Waals surface area (Å²) in [6.45, 7) is 0.395. The quantitative estimate of drug-likeness (QED) is 0.429. The summed E-state index contributed by atoms with van der Waals surface area (Å²) in [4.78, 5) is 29.9. The number of carbonyl (C=O) groups excluding carboxylic acids is 1. The Morgan fingerprint density at radius 1 is 1.03 bits per heavy atom. The fraction of sp³-hybridized carbons (Fsp3) is 0.0870. The zero-order chi connectivity index (χ0) is 20.4. The van der Waals surface area contributed by atoms with Gasteiger partial charge in [-0.1, -0.05) is 42.5 Å². The molecule has 0 aliphatic heterocycles. The van der Waals surface area contributed by atoms with Crippen LogP contribution in [0.25, 0.3) is 22.3 Å². The molecular weight excluding hydrogens is 366 g/mol. The van der Waals surface area contributed by atoms with Crippen LogP contribution in [0.4, 0.5) is 5.69 Å². The molecule has 0 radical (unpaired) electrons. The molecule has 6 heteroatoms. The van der Waals surface area contributed by atoms with E-state index in [9.17, 15) is 9.59 Å². The predicted octanol–water partition coefficient (Wildman–Crippen LogP) is 3.48. The van der Waals surface area contributed by atoms with Gasteiger partial charge < -0.3 is 15.0 Å². The van der Waals surface area contributed by atoms with Crippen molar-refractivity contribution in [3.05, 3.63) is 94.3 Å². The fourth-order valence-electron chi connectivity index (χ4n) is 3.30. The Morgan fingerprint density at radius 3 is 2.52 bits per heavy atom. The van der Waals surface area contributed by atoms with Crippen LogP contribution < -0.4 is 11.3 Å². The van der Waals surface area contributed by atoms with E-state index in [0.29, 0.717) is 28.9 Å². The van der Waals surface area contributed by atoms with E-state index in [-0.39, 0.29) is 11.3 Å². The average molecular weight is 385 g/mol. The first kappa shape index (κ1) is 18.4. The molecule has 4 rings (SSSR count). The number of ether oxygens (including phenoxy) is 1. The van der Waals surface area contributed by atoms with Gasteiger partial charge in [0.05, 0.1) is 30.3 Å². The van der Waals surface area contributed by atoms with Crippen LogP contribution >= 0.6 is 0 Å². The molecular formula is C23H19N3O3. The minimum Gasteiger partial charge on any atom is -0.465 e. The number of hydrogen-bond donors (Lipinski definition) is 1. The van der Waals surface area contributed by atoms with Crippen molar-refractivity contribution < 1.29 is 9.53 Å². The number of nitrogens with two attached hydrogens (primary N) is 1. The fourth-order valence-corrected chi connectivity index (χ4v) is 3.30. The SMILES string of the molecule is COC(=O)c1ccc(N)c(-c2nc3ccccc3n(Cc3ccccc3)c2=O)c1. The third-order valence-electron chi connectivity index (χ3n) is 4.77. The number of nitrogens with zero attached hydrogens (tertiary/aromatic N) is 2. The number of fused-ring (bicyclic) bond motifs is 1. The van der Waals surface area contributed by atoms with Gasteiger partial charge in [-0.2, -0.15) is 0 Å². The van der Waals surface area contributed by atoms with Gasteiger partial charge in [0.2, 0.25) is 0 Å². The summed E-state index contributed by atoms with van der Waals surface area (Å²) >= 11 is 0. The van der Waals surface area contributed by atoms with Gasteiger partial charge in [-0.25, -0.2) is 9.78 Å². The maximum absolute atomic E-state index is 13.4. The topological polar surface area (TPSA) is 87.2 Å². The summed E-state index contributed by atoms with van der Waals surface area (Å²) in [7, 11) is 1.31. The van der Waals surface area contributed by atoms with E-state index in [1.807, 2.05) is 54.6 Å². The smallest absolute Gasteiger partial charge is 0.337 e. The van der Waals surface area contributed by atoms with Crippen LogP contribution in [0.5, 0.6) is 0 Å². The predicted molar refractivity (Wildman–Crippen MR) is 113 cm³/mol. The van der Waals surface area contributed by atoms with Crippen LogP contribution in [0.1, 0.15) is 15.9 Å². The van der Waals surface area contributed by atoms with E-state index in [2.05, 4.69) is 4.98 Å². The number of nitrogen functional groups attached to an aromatic ring is 1. The van der Waals surface area contributed by atoms with Crippen LogP contribution in [0.2, 0.25) is 0 Å². The minimum absolute atomic E-state index is 0.197. The van der Waals surface area contributed by atoms with Gasteiger partial charge in [-0.3, -0.25) is 4.79 Å². The van der Waals surface area contributed by atoms with Gasteiger partial charge in [0, 0.05) is 11.3 Å². The summed E-state index contributed by atoms with van der Waals surface area (Å²) in [6.07, 6.45) is 0. The molecule has 0 atom stereocenters. The monoisotopic (exact) mass is 385 g/mol. The molecule has 0 aliphatic rings. The number of anilines is 1. The van der Waals surface area contributed by atoms with Crippen molar-refractivity contribution in [3.63, 3.8) is 0 Å². The molecule has 4 aromatic rings. The molecule has 0 unspecified atom stereocenters. The zero-order valence-corrected chi connectivity index (χ0v) is 15.8. The van der Waals surface area contributed by atoms with Crippen molar-refractivity contribution in [3.8, 4) is 11.3 Å². The molecule has 1 aromatic heterocycles. The number of benzene rings is 3. The normalized spacial score (nSPS) is 10.8. The van der Waals surface area contributed by atoms with E-state index < -0.39 is 5.97 Å². The summed E-state index contributed by atoms with van der Waals surface area (Å²) in [5.41, 5.74) is 9.53. The average Bonchev–Trinajstić information content (AvgIpc) is 2.76. The molecule has 29 heavy (non-hydrogen) atoms. The second kappa shape index (κ2) is 7.59. The van der Waals surface area contributed by atoms with Gasteiger partial charge in [0.15, 0.2) is 0 Å². The maximum atomic E-state index is 13.4. The Hall–Kier alpha value is -3.93. The van der Waals surface area contributed by atoms with Crippen molar-refractivity contribution in [2.45, 2.75) is 6.54 Å². The number of hydrogen-bond acceptors (Lipinski definition) is 5. The Morgan fingerprint density at radius 2 is 1.76 bits per heavy atom. The standard InChI is InChI=1S/C23H19N3O3/c1-29-23(28)16-11-12-18(24)17(13-16)21-22(27)26(14-15-7-3-2-4-8-15)20-10-6-5-9-19(20)25-21/h2-13H,14,24H2,1H3. The van der Waals surface area contributed by atoms with Crippen molar-refractivity contribution >= 4 is 22.7 Å². The summed E-state index contributed by atoms with van der Waals surface area (Å²) in [5.74, 6) is -0.503. The van der Waals surface area contributed by atoms with E-state index in [1.165, 1.54) is 7.11 Å². The first-order chi connectivity index (χ1) is 14.1. The molecule has 0 amide bonds. The van der Waals surface area contributed by atoms with Crippen molar-refractivity contribution in [2.24, 2.45) is 0 Å². The molecule has 0 bridgehead atoms. The number of carbonyl (C=O) groups is 1. The van der Waals surface area contributed by atoms with E-state index >= 15 is 0 Å². The lowest BCUT2D eigenvalue weighted by atomic mass is 10.1. The van der Waals surface area contributed by atoms with Gasteiger partial charge in [0.1, 0.15) is 5.69 Å². The molecule has 0 aliphatic carbocycles. The zero-order valence-electron chi connectivity index (χ0n) is 15.8. The second-order valence-electron chi connectivity index (χ2n) is 6.62. The molecule has 0 spiro atoms. The van der Waals surface area contributed by atoms with E-state index in [4.69, 9.17) is 10.5 Å². The third-order valence-corrected chi connectivity index (χ3v) is 4.77. The maximum Gasteiger partial charge on any atom is 0.337 e. The molecule has 3 aromatic carbocycles. The lowest BCUT2D eigenvalue weighted by Gasteiger charge is -2.14. The number of para-hydroxylation sites is 2. The second-order valence-corrected chi connectivity index (χ2v) is 6.62. The van der Waals surface area contributed by atoms with Crippen LogP contribution in [0.15, 0.2) is 77.6 Å². The van der Waals surface area contributed by atoms with E-state index in [0.717, 1.165) is 11.1 Å². The summed E-state index contributed by atoms with van der Waals surface area (Å²) in [6, 6.07) is 21.9. The highest BCUT2D eigenvalue weighted by Crippen LogP contribution is 2.25. The van der Waals surface area contributed by atoms with Crippen LogP contribution in [-0.2, 0) is 11.3 Å². The van der Waals surface area contributed by atoms with Gasteiger partial charge >= 0.3 is 5.97 Å². The molecule has 144 valence electrons. The van der Waals surface area contributed by atoms with Crippen LogP contribution in [0.3, 0.4) is 0 Å². The van der Waals surface area contributed by atoms with Gasteiger partial charge in [-0.15, -0.1) is 0 Å². The van der Waals surface area contributed by atoms with Crippen molar-refractivity contribution in [1.29, 1.82) is 0 Å². The first-order valence-corrected chi connectivity index (χ1v) is 9.10. The van der Waals surface area contributed by atoms with Gasteiger partial charge in [0.25, 0.3) is 5.56 Å². The highest BCUT2D eigenvalue weighted by atomic mass is 16.5. The lowest BCUT2D eigenvalue weighted by molar-refractivity contribution is 0.0601. The minimum atomic E-state index is -0.503. The number of aromatic nitrogens is 2. The molecule has 6 nitrogen and oxygen atoms in total. The molecule has 0 saturated carbocycles. The summed E-state index contributed by atoms with van der Waals surface area (Å²) < 4.78 is 6.46. The van der Waals surface area contributed by atoms with Gasteiger partial charge in [-0.05, 0) is 35.9 Å².